The molecule has 4 nitrogen and oxygen atoms in total. The van der Waals surface area contributed by atoms with Crippen LogP contribution in [0.5, 0.6) is 0 Å². The lowest BCUT2D eigenvalue weighted by Crippen LogP contribution is -2.64. The van der Waals surface area contributed by atoms with Gasteiger partial charge in [-0.1, -0.05) is 114 Å². The van der Waals surface area contributed by atoms with Crippen LogP contribution in [-0.2, 0) is 15.6 Å². The van der Waals surface area contributed by atoms with Gasteiger partial charge in [-0.25, -0.2) is 8.42 Å². The van der Waals surface area contributed by atoms with Gasteiger partial charge >= 0.3 is 0 Å². The summed E-state index contributed by atoms with van der Waals surface area (Å²) in [6.45, 7) is 1.88. The molecule has 6 aromatic rings. The van der Waals surface area contributed by atoms with Crippen molar-refractivity contribution in [3.63, 3.8) is 0 Å². The van der Waals surface area contributed by atoms with Crippen molar-refractivity contribution in [2.45, 2.75) is 23.1 Å². The second-order valence-corrected chi connectivity index (χ2v) is 17.8. The Morgan fingerprint density at radius 2 is 1.15 bits per heavy atom. The van der Waals surface area contributed by atoms with E-state index in [4.69, 9.17) is 11.6 Å². The van der Waals surface area contributed by atoms with Crippen molar-refractivity contribution >= 4 is 50.5 Å². The molecule has 0 bridgehead atoms. The Labute approximate surface area is 282 Å². The molecule has 234 valence electrons. The maximum Gasteiger partial charge on any atom is 0.264 e. The fraction of sp³-hybridized carbons (Fsp3) is 0.100. The molecule has 0 aromatic heterocycles. The summed E-state index contributed by atoms with van der Waals surface area (Å²) in [6, 6.07) is 51.7. The van der Waals surface area contributed by atoms with Crippen molar-refractivity contribution < 1.29 is 13.5 Å². The first kappa shape index (κ1) is 31.4. The molecule has 0 radical (unpaired) electrons. The normalized spacial score (nSPS) is 18.0. The van der Waals surface area contributed by atoms with Gasteiger partial charge in [0.05, 0.1) is 17.1 Å². The van der Waals surface area contributed by atoms with Crippen LogP contribution in [0.1, 0.15) is 16.7 Å². The van der Waals surface area contributed by atoms with E-state index in [1.165, 1.54) is 4.31 Å². The second-order valence-electron chi connectivity index (χ2n) is 11.9. The van der Waals surface area contributed by atoms with Crippen molar-refractivity contribution in [2.75, 3.05) is 10.8 Å². The highest BCUT2D eigenvalue weighted by atomic mass is 35.5. The van der Waals surface area contributed by atoms with E-state index in [1.807, 2.05) is 91.9 Å². The fourth-order valence-corrected chi connectivity index (χ4v) is 14.0. The standard InChI is InChI=1S/C40H33ClNO3PS/c1-30-22-25-36(26-23-30)47(44,45)42-29-39(40(43,31-14-6-2-7-15-31)37-28-32(41)24-27-38(37)42)46(33-16-8-3-9-17-33,34-18-10-4-11-19-34)35-20-12-5-13-21-35/h2-28,39H,29H2,1H3. The van der Waals surface area contributed by atoms with Gasteiger partial charge in [0, 0.05) is 5.02 Å². The molecule has 1 aliphatic rings. The molecule has 0 N–H and O–H groups in total. The molecule has 2 atom stereocenters. The molecule has 2 unspecified atom stereocenters. The maximum absolute atomic E-state index is 16.6. The minimum absolute atomic E-state index is 0.0459. The summed E-state index contributed by atoms with van der Waals surface area (Å²) >= 11 is 6.70. The molecule has 6 aromatic carbocycles. The van der Waals surface area contributed by atoms with Gasteiger partial charge in [-0.05, 0) is 90.4 Å². The molecule has 7 heteroatoms. The predicted octanol–water partition coefficient (Wildman–Crippen LogP) is 6.82. The molecule has 0 aliphatic carbocycles. The number of anilines is 1. The van der Waals surface area contributed by atoms with Gasteiger partial charge in [0.25, 0.3) is 10.0 Å². The minimum Gasteiger partial charge on any atom is -0.840 e. The van der Waals surface area contributed by atoms with Crippen molar-refractivity contribution in [1.29, 1.82) is 0 Å². The SMILES string of the molecule is Cc1ccc(S(=O)(=O)N2CC([P+](c3ccccc3)(c3ccccc3)c3ccccc3)C([O-])(c3ccccc3)c3cc(Cl)ccc32)cc1. The van der Waals surface area contributed by atoms with Crippen molar-refractivity contribution in [1.82, 2.24) is 0 Å². The highest BCUT2D eigenvalue weighted by Gasteiger charge is 2.61. The summed E-state index contributed by atoms with van der Waals surface area (Å²) in [4.78, 5) is 0.170. The molecule has 0 amide bonds. The number of rotatable bonds is 7. The summed E-state index contributed by atoms with van der Waals surface area (Å²) in [5, 5.41) is 20.0. The largest absolute Gasteiger partial charge is 0.840 e. The number of sulfonamides is 1. The molecular weight excluding hydrogens is 641 g/mol. The predicted molar refractivity (Wildman–Crippen MR) is 193 cm³/mol. The van der Waals surface area contributed by atoms with Crippen LogP contribution >= 0.6 is 18.9 Å². The van der Waals surface area contributed by atoms with Crippen LogP contribution in [-0.4, -0.2) is 20.6 Å². The summed E-state index contributed by atoms with van der Waals surface area (Å²) in [5.74, 6) is 0. The van der Waals surface area contributed by atoms with Gasteiger partial charge in [0.2, 0.25) is 0 Å². The number of aryl methyl sites for hydroxylation is 1. The first-order valence-electron chi connectivity index (χ1n) is 15.5. The Bertz CT molecular complexity index is 2020. The van der Waals surface area contributed by atoms with Gasteiger partial charge in [0.1, 0.15) is 28.8 Å². The highest BCUT2D eigenvalue weighted by molar-refractivity contribution is 7.96. The zero-order chi connectivity index (χ0) is 32.6. The van der Waals surface area contributed by atoms with E-state index >= 15 is 5.11 Å². The van der Waals surface area contributed by atoms with Gasteiger partial charge < -0.3 is 5.11 Å². The summed E-state index contributed by atoms with van der Waals surface area (Å²) in [6.07, 6.45) is 0. The van der Waals surface area contributed by atoms with Crippen molar-refractivity contribution in [3.8, 4) is 0 Å². The smallest absolute Gasteiger partial charge is 0.264 e. The molecule has 0 spiro atoms. The Hall–Kier alpha value is -4.25. The highest BCUT2D eigenvalue weighted by Crippen LogP contribution is 2.67. The molecule has 47 heavy (non-hydrogen) atoms. The Morgan fingerprint density at radius 3 is 1.64 bits per heavy atom. The summed E-state index contributed by atoms with van der Waals surface area (Å²) in [5.41, 5.74) is -0.468. The number of hydrogen-bond acceptors (Lipinski definition) is 3. The lowest BCUT2D eigenvalue weighted by atomic mass is 9.80. The van der Waals surface area contributed by atoms with Gasteiger partial charge in [0.15, 0.2) is 0 Å². The van der Waals surface area contributed by atoms with E-state index in [1.54, 1.807) is 42.5 Å². The van der Waals surface area contributed by atoms with Crippen LogP contribution in [0.2, 0.25) is 5.02 Å². The Balaban J connectivity index is 1.64. The lowest BCUT2D eigenvalue weighted by Gasteiger charge is -2.56. The average molecular weight is 674 g/mol. The van der Waals surface area contributed by atoms with E-state index < -0.39 is 28.5 Å². The van der Waals surface area contributed by atoms with Gasteiger partial charge in [-0.2, -0.15) is 0 Å². The van der Waals surface area contributed by atoms with Gasteiger partial charge in [-0.3, -0.25) is 4.31 Å². The van der Waals surface area contributed by atoms with E-state index in [9.17, 15) is 8.42 Å². The van der Waals surface area contributed by atoms with Crippen LogP contribution in [0.4, 0.5) is 5.69 Å². The molecule has 7 rings (SSSR count). The van der Waals surface area contributed by atoms with Crippen LogP contribution in [0, 0.1) is 6.92 Å². The van der Waals surface area contributed by atoms with E-state index in [2.05, 4.69) is 36.4 Å². The third-order valence-electron chi connectivity index (χ3n) is 9.20. The number of nitrogens with zero attached hydrogens (tertiary/aromatic N) is 1. The van der Waals surface area contributed by atoms with E-state index in [0.29, 0.717) is 21.8 Å². The molecular formula is C40H33ClNO3PS. The molecule has 1 heterocycles. The maximum atomic E-state index is 16.6. The zero-order valence-corrected chi connectivity index (χ0v) is 28.2. The van der Waals surface area contributed by atoms with Crippen LogP contribution in [0.3, 0.4) is 0 Å². The molecule has 0 fully saturated rings. The minimum atomic E-state index is -4.11. The average Bonchev–Trinajstić information content (AvgIpc) is 3.11. The zero-order valence-electron chi connectivity index (χ0n) is 25.8. The van der Waals surface area contributed by atoms with E-state index in [0.717, 1.165) is 21.5 Å². The van der Waals surface area contributed by atoms with Crippen LogP contribution < -0.4 is 25.3 Å². The van der Waals surface area contributed by atoms with Crippen molar-refractivity contribution in [2.24, 2.45) is 0 Å². The van der Waals surface area contributed by atoms with Crippen LogP contribution in [0.15, 0.2) is 169 Å². The molecule has 1 aliphatic heterocycles. The molecule has 0 saturated carbocycles. The number of hydrogen-bond donors (Lipinski definition) is 0. The monoisotopic (exact) mass is 673 g/mol. The fourth-order valence-electron chi connectivity index (χ4n) is 7.06. The number of fused-ring (bicyclic) bond motifs is 1. The third kappa shape index (κ3) is 5.19. The lowest BCUT2D eigenvalue weighted by molar-refractivity contribution is -0.471. The van der Waals surface area contributed by atoms with Gasteiger partial charge in [-0.15, -0.1) is 0 Å². The van der Waals surface area contributed by atoms with E-state index in [-0.39, 0.29) is 11.4 Å². The summed E-state index contributed by atoms with van der Waals surface area (Å²) < 4.78 is 31.0. The molecule has 0 saturated heterocycles. The summed E-state index contributed by atoms with van der Waals surface area (Å²) in [7, 11) is -7.06. The topological polar surface area (TPSA) is 60.4 Å². The second kappa shape index (κ2) is 12.4. The first-order chi connectivity index (χ1) is 22.8. The number of halogens is 1. The Kier molecular flexibility index (Phi) is 8.28. The first-order valence-corrected chi connectivity index (χ1v) is 19.2. The quantitative estimate of drug-likeness (QED) is 0.175. The Morgan fingerprint density at radius 1 is 0.681 bits per heavy atom. The van der Waals surface area contributed by atoms with Crippen LogP contribution in [0.25, 0.3) is 0 Å². The third-order valence-corrected chi connectivity index (χ3v) is 16.0. The van der Waals surface area contributed by atoms with Crippen molar-refractivity contribution in [3.05, 3.63) is 186 Å². The number of benzene rings is 6.